The monoisotopic (exact) mass is 389 g/mol. The molecule has 0 unspecified atom stereocenters. The first kappa shape index (κ1) is 20.8. The van der Waals surface area contributed by atoms with Crippen LogP contribution in [0.5, 0.6) is 0 Å². The molecule has 1 atom stereocenters. The number of rotatable bonds is 6. The zero-order valence-electron chi connectivity index (χ0n) is 15.7. The zero-order chi connectivity index (χ0) is 19.9. The minimum absolute atomic E-state index is 0.120. The number of ether oxygens (including phenoxy) is 2. The average Bonchev–Trinajstić information content (AvgIpc) is 2.60. The summed E-state index contributed by atoms with van der Waals surface area (Å²) < 4.78 is 10.6. The lowest BCUT2D eigenvalue weighted by Gasteiger charge is -2.24. The fourth-order valence-corrected chi connectivity index (χ4v) is 2.46. The molecule has 0 aliphatic heterocycles. The fraction of sp³-hybridized carbons (Fsp3) is 0.333. The van der Waals surface area contributed by atoms with Gasteiger partial charge in [-0.25, -0.2) is 9.59 Å². The Morgan fingerprint density at radius 2 is 1.63 bits per heavy atom. The van der Waals surface area contributed by atoms with Crippen LogP contribution in [0.25, 0.3) is 0 Å². The van der Waals surface area contributed by atoms with Crippen molar-refractivity contribution in [2.24, 2.45) is 0 Å². The molecule has 0 spiro atoms. The van der Waals surface area contributed by atoms with Crippen molar-refractivity contribution in [3.05, 3.63) is 70.7 Å². The highest BCUT2D eigenvalue weighted by atomic mass is 35.5. The molecule has 5 nitrogen and oxygen atoms in total. The van der Waals surface area contributed by atoms with Crippen LogP contribution in [0.3, 0.4) is 0 Å². The summed E-state index contributed by atoms with van der Waals surface area (Å²) in [6, 6.07) is 15.5. The molecule has 0 bridgehead atoms. The van der Waals surface area contributed by atoms with Crippen LogP contribution in [0.2, 0.25) is 5.02 Å². The van der Waals surface area contributed by atoms with Gasteiger partial charge in [-0.05, 0) is 44.0 Å². The summed E-state index contributed by atoms with van der Waals surface area (Å²) >= 11 is 5.90. The maximum absolute atomic E-state index is 12.5. The predicted octanol–water partition coefficient (Wildman–Crippen LogP) is 4.52. The van der Waals surface area contributed by atoms with E-state index < -0.39 is 23.7 Å². The van der Waals surface area contributed by atoms with Crippen LogP contribution in [0.4, 0.5) is 4.79 Å². The number of benzene rings is 2. The molecule has 0 radical (unpaired) electrons. The van der Waals surface area contributed by atoms with Gasteiger partial charge in [0.1, 0.15) is 18.2 Å². The molecule has 0 aliphatic carbocycles. The highest BCUT2D eigenvalue weighted by molar-refractivity contribution is 6.30. The van der Waals surface area contributed by atoms with Crippen LogP contribution in [0.1, 0.15) is 31.9 Å². The van der Waals surface area contributed by atoms with Gasteiger partial charge in [-0.2, -0.15) is 0 Å². The number of amides is 1. The van der Waals surface area contributed by atoms with Crippen LogP contribution >= 0.6 is 11.6 Å². The van der Waals surface area contributed by atoms with E-state index in [0.29, 0.717) is 5.02 Å². The van der Waals surface area contributed by atoms with Crippen molar-refractivity contribution in [1.29, 1.82) is 0 Å². The third-order valence-corrected chi connectivity index (χ3v) is 3.80. The van der Waals surface area contributed by atoms with Gasteiger partial charge in [-0.1, -0.05) is 54.1 Å². The number of nitrogens with one attached hydrogen (secondary N) is 1. The summed E-state index contributed by atoms with van der Waals surface area (Å²) in [5.41, 5.74) is 1.04. The van der Waals surface area contributed by atoms with Gasteiger partial charge in [0.15, 0.2) is 0 Å². The van der Waals surface area contributed by atoms with Crippen LogP contribution in [0.15, 0.2) is 54.6 Å². The Hall–Kier alpha value is -2.53. The topological polar surface area (TPSA) is 64.6 Å². The van der Waals surface area contributed by atoms with E-state index in [2.05, 4.69) is 5.32 Å². The summed E-state index contributed by atoms with van der Waals surface area (Å²) in [6.45, 7) is 5.45. The molecule has 6 heteroatoms. The summed E-state index contributed by atoms with van der Waals surface area (Å²) in [6.07, 6.45) is -0.407. The van der Waals surface area contributed by atoms with E-state index in [4.69, 9.17) is 21.1 Å². The molecule has 0 saturated heterocycles. The number of hydrogen-bond donors (Lipinski definition) is 1. The van der Waals surface area contributed by atoms with E-state index in [0.717, 1.165) is 11.1 Å². The van der Waals surface area contributed by atoms with Crippen molar-refractivity contribution in [3.63, 3.8) is 0 Å². The SMILES string of the molecule is CC(C)(C)OC(=O)[C@H](Cc1ccc(Cl)cc1)NC(=O)OCc1ccccc1. The second kappa shape index (κ2) is 9.42. The second-order valence-corrected chi connectivity index (χ2v) is 7.56. The van der Waals surface area contributed by atoms with Gasteiger partial charge in [0.05, 0.1) is 0 Å². The summed E-state index contributed by atoms with van der Waals surface area (Å²) in [5, 5.41) is 3.20. The summed E-state index contributed by atoms with van der Waals surface area (Å²) in [4.78, 5) is 24.7. The number of carbonyl (C=O) groups excluding carboxylic acids is 2. The number of carbonyl (C=O) groups is 2. The van der Waals surface area contributed by atoms with Crippen LogP contribution in [-0.2, 0) is 27.3 Å². The Labute approximate surface area is 164 Å². The Morgan fingerprint density at radius 3 is 2.22 bits per heavy atom. The molecule has 0 heterocycles. The Bertz CT molecular complexity index is 754. The zero-order valence-corrected chi connectivity index (χ0v) is 16.5. The van der Waals surface area contributed by atoms with Crippen molar-refractivity contribution < 1.29 is 19.1 Å². The summed E-state index contributed by atoms with van der Waals surface area (Å²) in [7, 11) is 0. The van der Waals surface area contributed by atoms with Gasteiger partial charge in [0.25, 0.3) is 0 Å². The highest BCUT2D eigenvalue weighted by Crippen LogP contribution is 2.14. The average molecular weight is 390 g/mol. The Balaban J connectivity index is 2.02. The highest BCUT2D eigenvalue weighted by Gasteiger charge is 2.27. The molecule has 2 rings (SSSR count). The molecule has 0 aromatic heterocycles. The lowest BCUT2D eigenvalue weighted by atomic mass is 10.1. The molecule has 0 fully saturated rings. The molecular formula is C21H24ClNO4. The third kappa shape index (κ3) is 7.71. The van der Waals surface area contributed by atoms with E-state index in [1.807, 2.05) is 30.3 Å². The van der Waals surface area contributed by atoms with E-state index in [-0.39, 0.29) is 13.0 Å². The lowest BCUT2D eigenvalue weighted by Crippen LogP contribution is -2.45. The van der Waals surface area contributed by atoms with E-state index in [1.54, 1.807) is 45.0 Å². The van der Waals surface area contributed by atoms with Crippen molar-refractivity contribution in [1.82, 2.24) is 5.32 Å². The second-order valence-electron chi connectivity index (χ2n) is 7.12. The smallest absolute Gasteiger partial charge is 0.408 e. The molecule has 0 aliphatic rings. The fourth-order valence-electron chi connectivity index (χ4n) is 2.33. The van der Waals surface area contributed by atoms with Gasteiger partial charge in [-0.3, -0.25) is 0 Å². The van der Waals surface area contributed by atoms with Crippen LogP contribution in [0, 0.1) is 0 Å². The summed E-state index contributed by atoms with van der Waals surface area (Å²) in [5.74, 6) is -0.519. The first-order chi connectivity index (χ1) is 12.7. The van der Waals surface area contributed by atoms with Crippen molar-refractivity contribution >= 4 is 23.7 Å². The predicted molar refractivity (Wildman–Crippen MR) is 105 cm³/mol. The van der Waals surface area contributed by atoms with E-state index in [9.17, 15) is 9.59 Å². The van der Waals surface area contributed by atoms with Crippen LogP contribution < -0.4 is 5.32 Å². The van der Waals surface area contributed by atoms with Gasteiger partial charge in [0.2, 0.25) is 0 Å². The maximum atomic E-state index is 12.5. The Morgan fingerprint density at radius 1 is 1.00 bits per heavy atom. The molecule has 1 N–H and O–H groups in total. The molecule has 2 aromatic carbocycles. The molecule has 27 heavy (non-hydrogen) atoms. The van der Waals surface area contributed by atoms with Crippen molar-refractivity contribution in [3.8, 4) is 0 Å². The van der Waals surface area contributed by atoms with E-state index in [1.165, 1.54) is 0 Å². The number of alkyl carbamates (subject to hydrolysis) is 1. The molecule has 2 aromatic rings. The number of esters is 1. The van der Waals surface area contributed by atoms with Gasteiger partial charge >= 0.3 is 12.1 Å². The molecule has 144 valence electrons. The standard InChI is InChI=1S/C21H24ClNO4/c1-21(2,3)27-19(24)18(13-15-9-11-17(22)12-10-15)23-20(25)26-14-16-7-5-4-6-8-16/h4-12,18H,13-14H2,1-3H3,(H,23,25)/t18-/m0/s1. The van der Waals surface area contributed by atoms with Gasteiger partial charge in [-0.15, -0.1) is 0 Å². The minimum atomic E-state index is -0.867. The largest absolute Gasteiger partial charge is 0.458 e. The van der Waals surface area contributed by atoms with E-state index >= 15 is 0 Å². The molecule has 0 saturated carbocycles. The lowest BCUT2D eigenvalue weighted by molar-refractivity contribution is -0.157. The van der Waals surface area contributed by atoms with Gasteiger partial charge in [0, 0.05) is 11.4 Å². The quantitative estimate of drug-likeness (QED) is 0.738. The van der Waals surface area contributed by atoms with Crippen molar-refractivity contribution in [2.75, 3.05) is 0 Å². The maximum Gasteiger partial charge on any atom is 0.408 e. The molecule has 1 amide bonds. The van der Waals surface area contributed by atoms with Crippen molar-refractivity contribution in [2.45, 2.75) is 45.4 Å². The van der Waals surface area contributed by atoms with Gasteiger partial charge < -0.3 is 14.8 Å². The first-order valence-corrected chi connectivity index (χ1v) is 9.05. The third-order valence-electron chi connectivity index (χ3n) is 3.55. The first-order valence-electron chi connectivity index (χ1n) is 8.67. The molecular weight excluding hydrogens is 366 g/mol. The Kier molecular flexibility index (Phi) is 7.25. The number of hydrogen-bond acceptors (Lipinski definition) is 4. The van der Waals surface area contributed by atoms with Crippen LogP contribution in [-0.4, -0.2) is 23.7 Å². The normalized spacial score (nSPS) is 12.1. The minimum Gasteiger partial charge on any atom is -0.458 e. The number of halogens is 1.